The van der Waals surface area contributed by atoms with Gasteiger partial charge in [0.2, 0.25) is 5.91 Å². The number of aromatic nitrogens is 1. The summed E-state index contributed by atoms with van der Waals surface area (Å²) in [5.74, 6) is -0.146. The van der Waals surface area contributed by atoms with Crippen LogP contribution in [0, 0.1) is 0 Å². The van der Waals surface area contributed by atoms with Crippen LogP contribution in [-0.4, -0.2) is 17.4 Å². The monoisotopic (exact) mass is 405 g/mol. The van der Waals surface area contributed by atoms with Gasteiger partial charge in [-0.05, 0) is 30.2 Å². The summed E-state index contributed by atoms with van der Waals surface area (Å²) in [6.07, 6.45) is -3.54. The number of hydrogen-bond acceptors (Lipinski definition) is 4. The molecule has 0 bridgehead atoms. The summed E-state index contributed by atoms with van der Waals surface area (Å²) in [5, 5.41) is 7.84. The van der Waals surface area contributed by atoms with E-state index in [0.717, 1.165) is 24.1 Å². The number of alkyl halides is 3. The second-order valence-electron chi connectivity index (χ2n) is 6.11. The maximum absolute atomic E-state index is 12.8. The van der Waals surface area contributed by atoms with Crippen LogP contribution in [0.5, 0.6) is 0 Å². The molecule has 4 nitrogen and oxygen atoms in total. The molecule has 3 aromatic rings. The number of hydrogen-bond donors (Lipinski definition) is 2. The third-order valence-corrected chi connectivity index (χ3v) is 4.72. The Kier molecular flexibility index (Phi) is 6.30. The summed E-state index contributed by atoms with van der Waals surface area (Å²) >= 11 is 1.24. The van der Waals surface area contributed by atoms with E-state index in [1.165, 1.54) is 23.5 Å². The number of anilines is 2. The lowest BCUT2D eigenvalue weighted by atomic mass is 10.1. The fraction of sp³-hybridized carbons (Fsp3) is 0.200. The molecule has 1 heterocycles. The van der Waals surface area contributed by atoms with Gasteiger partial charge >= 0.3 is 6.18 Å². The molecule has 0 saturated heterocycles. The predicted octanol–water partition coefficient (Wildman–Crippen LogP) is 4.81. The highest BCUT2D eigenvalue weighted by Gasteiger charge is 2.30. The van der Waals surface area contributed by atoms with Crippen molar-refractivity contribution < 1.29 is 18.0 Å². The lowest BCUT2D eigenvalue weighted by molar-refractivity contribution is -0.137. The van der Waals surface area contributed by atoms with Gasteiger partial charge in [-0.3, -0.25) is 4.79 Å². The van der Waals surface area contributed by atoms with E-state index in [4.69, 9.17) is 0 Å². The third kappa shape index (κ3) is 5.82. The SMILES string of the molecule is O=C(Cc1csc(Nc2cccc(C(F)(F)F)c2)n1)NCCc1ccccc1. The lowest BCUT2D eigenvalue weighted by Crippen LogP contribution is -2.27. The van der Waals surface area contributed by atoms with E-state index < -0.39 is 11.7 Å². The molecule has 3 rings (SSSR count). The highest BCUT2D eigenvalue weighted by molar-refractivity contribution is 7.13. The Hall–Kier alpha value is -2.87. The van der Waals surface area contributed by atoms with Gasteiger partial charge in [-0.25, -0.2) is 4.98 Å². The Labute approximate surface area is 164 Å². The number of amides is 1. The minimum absolute atomic E-state index is 0.121. The quantitative estimate of drug-likeness (QED) is 0.593. The first-order chi connectivity index (χ1) is 13.4. The average molecular weight is 405 g/mol. The summed E-state index contributed by atoms with van der Waals surface area (Å²) in [6, 6.07) is 14.7. The lowest BCUT2D eigenvalue weighted by Gasteiger charge is -2.09. The summed E-state index contributed by atoms with van der Waals surface area (Å²) < 4.78 is 38.3. The van der Waals surface area contributed by atoms with Crippen molar-refractivity contribution in [3.05, 3.63) is 76.8 Å². The molecule has 28 heavy (non-hydrogen) atoms. The minimum atomic E-state index is -4.40. The van der Waals surface area contributed by atoms with Gasteiger partial charge in [0.1, 0.15) is 0 Å². The highest BCUT2D eigenvalue weighted by Crippen LogP contribution is 2.31. The zero-order valence-electron chi connectivity index (χ0n) is 14.8. The number of nitrogens with one attached hydrogen (secondary N) is 2. The second kappa shape index (κ2) is 8.88. The van der Waals surface area contributed by atoms with Gasteiger partial charge in [-0.15, -0.1) is 11.3 Å². The molecule has 0 radical (unpaired) electrons. The predicted molar refractivity (Wildman–Crippen MR) is 104 cm³/mol. The molecular weight excluding hydrogens is 387 g/mol. The minimum Gasteiger partial charge on any atom is -0.355 e. The fourth-order valence-electron chi connectivity index (χ4n) is 2.56. The third-order valence-electron chi connectivity index (χ3n) is 3.91. The Morgan fingerprint density at radius 2 is 1.86 bits per heavy atom. The van der Waals surface area contributed by atoms with Gasteiger partial charge in [-0.2, -0.15) is 13.2 Å². The highest BCUT2D eigenvalue weighted by atomic mass is 32.1. The zero-order valence-corrected chi connectivity index (χ0v) is 15.6. The molecule has 0 fully saturated rings. The molecule has 1 aromatic heterocycles. The van der Waals surface area contributed by atoms with Crippen molar-refractivity contribution in [1.29, 1.82) is 0 Å². The van der Waals surface area contributed by atoms with Gasteiger partial charge in [0.25, 0.3) is 0 Å². The normalized spacial score (nSPS) is 11.2. The van der Waals surface area contributed by atoms with Crippen LogP contribution in [0.15, 0.2) is 60.0 Å². The van der Waals surface area contributed by atoms with E-state index in [9.17, 15) is 18.0 Å². The van der Waals surface area contributed by atoms with Crippen LogP contribution >= 0.6 is 11.3 Å². The van der Waals surface area contributed by atoms with Crippen LogP contribution in [0.2, 0.25) is 0 Å². The molecule has 0 unspecified atom stereocenters. The summed E-state index contributed by atoms with van der Waals surface area (Å²) in [7, 11) is 0. The molecule has 146 valence electrons. The fourth-order valence-corrected chi connectivity index (χ4v) is 3.29. The molecule has 0 aliphatic carbocycles. The van der Waals surface area contributed by atoms with Crippen molar-refractivity contribution in [2.45, 2.75) is 19.0 Å². The molecular formula is C20H18F3N3OS. The van der Waals surface area contributed by atoms with Crippen LogP contribution in [0.3, 0.4) is 0 Å². The first kappa shape index (κ1) is 19.9. The molecule has 0 saturated carbocycles. The van der Waals surface area contributed by atoms with E-state index >= 15 is 0 Å². The van der Waals surface area contributed by atoms with Gasteiger partial charge in [0.15, 0.2) is 5.13 Å². The number of nitrogens with zero attached hydrogens (tertiary/aromatic N) is 1. The molecule has 2 N–H and O–H groups in total. The van der Waals surface area contributed by atoms with Gasteiger partial charge in [0, 0.05) is 17.6 Å². The smallest absolute Gasteiger partial charge is 0.355 e. The number of halogens is 3. The van der Waals surface area contributed by atoms with E-state index in [0.29, 0.717) is 23.1 Å². The first-order valence-corrected chi connectivity index (χ1v) is 9.47. The zero-order chi connectivity index (χ0) is 20.0. The molecule has 0 spiro atoms. The average Bonchev–Trinajstić information content (AvgIpc) is 3.09. The topological polar surface area (TPSA) is 54.0 Å². The molecule has 0 aliphatic rings. The molecule has 0 aliphatic heterocycles. The van der Waals surface area contributed by atoms with E-state index in [1.807, 2.05) is 30.3 Å². The van der Waals surface area contributed by atoms with Gasteiger partial charge in [0.05, 0.1) is 17.7 Å². The van der Waals surface area contributed by atoms with Crippen LogP contribution in [0.25, 0.3) is 0 Å². The molecule has 8 heteroatoms. The maximum atomic E-state index is 12.8. The van der Waals surface area contributed by atoms with Gasteiger partial charge < -0.3 is 10.6 Å². The molecule has 0 atom stereocenters. The number of rotatable bonds is 7. The Bertz CT molecular complexity index is 926. The van der Waals surface area contributed by atoms with Crippen molar-refractivity contribution >= 4 is 28.1 Å². The standard InChI is InChI=1S/C20H18F3N3OS/c21-20(22,23)15-7-4-8-16(11-15)25-19-26-17(13-28-19)12-18(27)24-10-9-14-5-2-1-3-6-14/h1-8,11,13H,9-10,12H2,(H,24,27)(H,25,26). The largest absolute Gasteiger partial charge is 0.416 e. The van der Waals surface area contributed by atoms with Crippen LogP contribution < -0.4 is 10.6 Å². The van der Waals surface area contributed by atoms with Crippen LogP contribution in [-0.2, 0) is 23.8 Å². The van der Waals surface area contributed by atoms with Crippen LogP contribution in [0.4, 0.5) is 24.0 Å². The second-order valence-corrected chi connectivity index (χ2v) is 6.97. The van der Waals surface area contributed by atoms with Crippen molar-refractivity contribution in [1.82, 2.24) is 10.3 Å². The summed E-state index contributed by atoms with van der Waals surface area (Å²) in [5.41, 5.74) is 1.27. The van der Waals surface area contributed by atoms with Crippen molar-refractivity contribution in [3.63, 3.8) is 0 Å². The van der Waals surface area contributed by atoms with Crippen LogP contribution in [0.1, 0.15) is 16.8 Å². The van der Waals surface area contributed by atoms with Crippen molar-refractivity contribution in [2.75, 3.05) is 11.9 Å². The molecule has 1 amide bonds. The van der Waals surface area contributed by atoms with E-state index in [-0.39, 0.29) is 12.3 Å². The van der Waals surface area contributed by atoms with Crippen molar-refractivity contribution in [3.8, 4) is 0 Å². The van der Waals surface area contributed by atoms with Gasteiger partial charge in [-0.1, -0.05) is 36.4 Å². The Morgan fingerprint density at radius 3 is 2.61 bits per heavy atom. The summed E-state index contributed by atoms with van der Waals surface area (Å²) in [6.45, 7) is 0.530. The Morgan fingerprint density at radius 1 is 1.07 bits per heavy atom. The number of benzene rings is 2. The Balaban J connectivity index is 1.50. The maximum Gasteiger partial charge on any atom is 0.416 e. The number of carbonyl (C=O) groups excluding carboxylic acids is 1. The van der Waals surface area contributed by atoms with E-state index in [2.05, 4.69) is 15.6 Å². The van der Waals surface area contributed by atoms with E-state index in [1.54, 1.807) is 5.38 Å². The number of carbonyl (C=O) groups is 1. The first-order valence-electron chi connectivity index (χ1n) is 8.59. The molecule has 2 aromatic carbocycles. The van der Waals surface area contributed by atoms with Crippen molar-refractivity contribution in [2.24, 2.45) is 0 Å². The number of thiazole rings is 1. The summed E-state index contributed by atoms with van der Waals surface area (Å²) in [4.78, 5) is 16.3.